The molecule has 2 rings (SSSR count). The van der Waals surface area contributed by atoms with Crippen LogP contribution in [0.2, 0.25) is 0 Å². The predicted octanol–water partition coefficient (Wildman–Crippen LogP) is 1.71. The highest BCUT2D eigenvalue weighted by Crippen LogP contribution is 2.16. The number of morpholine rings is 1. The predicted molar refractivity (Wildman–Crippen MR) is 71.4 cm³/mol. The van der Waals surface area contributed by atoms with E-state index in [0.29, 0.717) is 12.2 Å². The molecular formula is C12H20BrN3O. The zero-order valence-corrected chi connectivity index (χ0v) is 12.3. The fraction of sp³-hybridized carbons (Fsp3) is 0.750. The molecule has 0 aromatic carbocycles. The van der Waals surface area contributed by atoms with Crippen LogP contribution in [0.25, 0.3) is 0 Å². The molecule has 0 radical (unpaired) electrons. The Morgan fingerprint density at radius 1 is 1.53 bits per heavy atom. The topological polar surface area (TPSA) is 30.3 Å². The van der Waals surface area contributed by atoms with Crippen LogP contribution in [0, 0.1) is 6.92 Å². The molecule has 0 N–H and O–H groups in total. The van der Waals surface area contributed by atoms with Crippen LogP contribution < -0.4 is 0 Å². The molecule has 96 valence electrons. The van der Waals surface area contributed by atoms with Crippen LogP contribution in [-0.2, 0) is 18.3 Å². The molecule has 0 amide bonds. The summed E-state index contributed by atoms with van der Waals surface area (Å²) in [6.45, 7) is 7.10. The SMILES string of the molecule is Cc1cc(CN2CC(C)OC(CBr)C2)n(C)n1. The molecule has 1 aliphatic heterocycles. The highest BCUT2D eigenvalue weighted by molar-refractivity contribution is 9.09. The van der Waals surface area contributed by atoms with Crippen molar-refractivity contribution < 1.29 is 4.74 Å². The van der Waals surface area contributed by atoms with Gasteiger partial charge in [0.2, 0.25) is 0 Å². The number of nitrogens with zero attached hydrogens (tertiary/aromatic N) is 3. The van der Waals surface area contributed by atoms with Gasteiger partial charge in [-0.1, -0.05) is 15.9 Å². The molecule has 1 aromatic heterocycles. The second kappa shape index (κ2) is 5.50. The molecule has 0 spiro atoms. The fourth-order valence-electron chi connectivity index (χ4n) is 2.40. The standard InChI is InChI=1S/C12H20BrN3O/c1-9-4-11(15(3)14-9)7-16-6-10(2)17-12(5-13)8-16/h4,10,12H,5-8H2,1-3H3. The Bertz CT molecular complexity index is 380. The van der Waals surface area contributed by atoms with E-state index in [-0.39, 0.29) is 0 Å². The van der Waals surface area contributed by atoms with Gasteiger partial charge in [-0.25, -0.2) is 0 Å². The summed E-state index contributed by atoms with van der Waals surface area (Å²) in [5, 5.41) is 5.29. The minimum atomic E-state index is 0.299. The van der Waals surface area contributed by atoms with Crippen molar-refractivity contribution in [3.8, 4) is 0 Å². The number of ether oxygens (including phenoxy) is 1. The van der Waals surface area contributed by atoms with Crippen molar-refractivity contribution >= 4 is 15.9 Å². The lowest BCUT2D eigenvalue weighted by Gasteiger charge is -2.36. The third-order valence-corrected chi connectivity index (χ3v) is 3.78. The van der Waals surface area contributed by atoms with Crippen molar-refractivity contribution in [2.75, 3.05) is 18.4 Å². The van der Waals surface area contributed by atoms with Gasteiger partial charge < -0.3 is 4.74 Å². The first-order valence-corrected chi connectivity index (χ1v) is 7.14. The molecule has 4 nitrogen and oxygen atoms in total. The van der Waals surface area contributed by atoms with Crippen molar-refractivity contribution in [3.05, 3.63) is 17.5 Å². The van der Waals surface area contributed by atoms with Crippen LogP contribution in [0.5, 0.6) is 0 Å². The van der Waals surface area contributed by atoms with Crippen molar-refractivity contribution in [2.45, 2.75) is 32.6 Å². The van der Waals surface area contributed by atoms with Gasteiger partial charge in [-0.05, 0) is 19.9 Å². The molecule has 1 fully saturated rings. The molecule has 2 atom stereocenters. The zero-order valence-electron chi connectivity index (χ0n) is 10.7. The first kappa shape index (κ1) is 13.1. The van der Waals surface area contributed by atoms with Crippen LogP contribution in [0.3, 0.4) is 0 Å². The van der Waals surface area contributed by atoms with Crippen LogP contribution in [-0.4, -0.2) is 45.3 Å². The highest BCUT2D eigenvalue weighted by atomic mass is 79.9. The minimum absolute atomic E-state index is 0.299. The smallest absolute Gasteiger partial charge is 0.0802 e. The van der Waals surface area contributed by atoms with Gasteiger partial charge in [0.1, 0.15) is 0 Å². The molecule has 1 aromatic rings. The Hall–Kier alpha value is -0.390. The summed E-state index contributed by atoms with van der Waals surface area (Å²) in [4.78, 5) is 2.44. The number of rotatable bonds is 3. The van der Waals surface area contributed by atoms with E-state index < -0.39 is 0 Å². The summed E-state index contributed by atoms with van der Waals surface area (Å²) in [6, 6.07) is 2.16. The number of hydrogen-bond donors (Lipinski definition) is 0. The molecule has 1 aliphatic rings. The average Bonchev–Trinajstić information content (AvgIpc) is 2.56. The molecule has 0 aliphatic carbocycles. The fourth-order valence-corrected chi connectivity index (χ4v) is 2.75. The maximum absolute atomic E-state index is 5.83. The lowest BCUT2D eigenvalue weighted by molar-refractivity contribution is -0.0683. The molecular weight excluding hydrogens is 282 g/mol. The molecule has 1 saturated heterocycles. The summed E-state index contributed by atoms with van der Waals surface area (Å²) < 4.78 is 7.80. The molecule has 0 bridgehead atoms. The van der Waals surface area contributed by atoms with E-state index in [1.54, 1.807) is 0 Å². The lowest BCUT2D eigenvalue weighted by atomic mass is 10.2. The van der Waals surface area contributed by atoms with Crippen molar-refractivity contribution in [1.29, 1.82) is 0 Å². The van der Waals surface area contributed by atoms with E-state index in [2.05, 4.69) is 38.9 Å². The highest BCUT2D eigenvalue weighted by Gasteiger charge is 2.24. The van der Waals surface area contributed by atoms with Crippen molar-refractivity contribution in [3.63, 3.8) is 0 Å². The molecule has 2 heterocycles. The van der Waals surface area contributed by atoms with Crippen LogP contribution >= 0.6 is 15.9 Å². The summed E-state index contributed by atoms with van der Waals surface area (Å²) in [5.74, 6) is 0. The number of hydrogen-bond acceptors (Lipinski definition) is 3. The van der Waals surface area contributed by atoms with Gasteiger partial charge in [0, 0.05) is 32.0 Å². The third-order valence-electron chi connectivity index (χ3n) is 3.06. The van der Waals surface area contributed by atoms with Gasteiger partial charge in [0.25, 0.3) is 0 Å². The Morgan fingerprint density at radius 2 is 2.29 bits per heavy atom. The second-order valence-electron chi connectivity index (χ2n) is 4.82. The first-order chi connectivity index (χ1) is 8.08. The van der Waals surface area contributed by atoms with Gasteiger partial charge in [-0.2, -0.15) is 5.10 Å². The number of halogens is 1. The second-order valence-corrected chi connectivity index (χ2v) is 5.47. The maximum atomic E-state index is 5.83. The minimum Gasteiger partial charge on any atom is -0.372 e. The average molecular weight is 302 g/mol. The summed E-state index contributed by atoms with van der Waals surface area (Å²) in [6.07, 6.45) is 0.605. The van der Waals surface area contributed by atoms with Crippen molar-refractivity contribution in [2.24, 2.45) is 7.05 Å². The van der Waals surface area contributed by atoms with Crippen LogP contribution in [0.1, 0.15) is 18.3 Å². The molecule has 0 saturated carbocycles. The number of aryl methyl sites for hydroxylation is 2. The van der Waals surface area contributed by atoms with Gasteiger partial charge in [-0.3, -0.25) is 9.58 Å². The summed E-state index contributed by atoms with van der Waals surface area (Å²) in [5.41, 5.74) is 2.35. The van der Waals surface area contributed by atoms with Gasteiger partial charge >= 0.3 is 0 Å². The number of aromatic nitrogens is 2. The van der Waals surface area contributed by atoms with Gasteiger partial charge in [-0.15, -0.1) is 0 Å². The van der Waals surface area contributed by atoms with Crippen molar-refractivity contribution in [1.82, 2.24) is 14.7 Å². The van der Waals surface area contributed by atoms with E-state index in [9.17, 15) is 0 Å². The number of alkyl halides is 1. The maximum Gasteiger partial charge on any atom is 0.0802 e. The third kappa shape index (κ3) is 3.30. The largest absolute Gasteiger partial charge is 0.372 e. The Labute approximate surface area is 111 Å². The monoisotopic (exact) mass is 301 g/mol. The van der Waals surface area contributed by atoms with Crippen LogP contribution in [0.15, 0.2) is 6.07 Å². The lowest BCUT2D eigenvalue weighted by Crippen LogP contribution is -2.46. The molecule has 2 unspecified atom stereocenters. The molecule has 17 heavy (non-hydrogen) atoms. The van der Waals surface area contributed by atoms with Crippen LogP contribution in [0.4, 0.5) is 0 Å². The first-order valence-electron chi connectivity index (χ1n) is 6.01. The quantitative estimate of drug-likeness (QED) is 0.796. The van der Waals surface area contributed by atoms with E-state index >= 15 is 0 Å². The van der Waals surface area contributed by atoms with E-state index in [0.717, 1.165) is 30.7 Å². The summed E-state index contributed by atoms with van der Waals surface area (Å²) >= 11 is 3.50. The normalized spacial score (nSPS) is 26.4. The zero-order chi connectivity index (χ0) is 12.4. The van der Waals surface area contributed by atoms with E-state index in [4.69, 9.17) is 4.74 Å². The Balaban J connectivity index is 2.00. The Morgan fingerprint density at radius 3 is 2.88 bits per heavy atom. The van der Waals surface area contributed by atoms with E-state index in [1.807, 2.05) is 18.7 Å². The summed E-state index contributed by atoms with van der Waals surface area (Å²) in [7, 11) is 2.01. The van der Waals surface area contributed by atoms with E-state index in [1.165, 1.54) is 5.69 Å². The Kier molecular flexibility index (Phi) is 4.22. The molecule has 5 heteroatoms. The van der Waals surface area contributed by atoms with Gasteiger partial charge in [0.05, 0.1) is 23.6 Å². The van der Waals surface area contributed by atoms with Gasteiger partial charge in [0.15, 0.2) is 0 Å².